The first-order valence-electron chi connectivity index (χ1n) is 6.96. The number of aliphatic hydroxyl groups excluding tert-OH is 1. The molecule has 1 aromatic carbocycles. The molecule has 2 N–H and O–H groups in total. The van der Waals surface area contributed by atoms with Crippen LogP contribution >= 0.6 is 15.9 Å². The lowest BCUT2D eigenvalue weighted by Gasteiger charge is -2.28. The maximum atomic E-state index is 9.28. The molecule has 1 aromatic rings. The zero-order valence-corrected chi connectivity index (χ0v) is 13.7. The van der Waals surface area contributed by atoms with Crippen LogP contribution in [0.3, 0.4) is 0 Å². The van der Waals surface area contributed by atoms with E-state index in [4.69, 9.17) is 0 Å². The van der Waals surface area contributed by atoms with Crippen LogP contribution in [0.5, 0.6) is 0 Å². The number of hydrogen-bond donors (Lipinski definition) is 2. The van der Waals surface area contributed by atoms with E-state index in [1.54, 1.807) is 0 Å². The van der Waals surface area contributed by atoms with Gasteiger partial charge in [-0.05, 0) is 38.1 Å². The second kappa shape index (κ2) is 8.56. The number of hydrogen-bond acceptors (Lipinski definition) is 3. The number of unbranched alkanes of at least 4 members (excludes halogenated alkanes) is 1. The molecule has 0 aliphatic carbocycles. The van der Waals surface area contributed by atoms with Gasteiger partial charge in [-0.15, -0.1) is 0 Å². The maximum Gasteiger partial charge on any atom is 0.0606 e. The van der Waals surface area contributed by atoms with Crippen molar-refractivity contribution in [1.82, 2.24) is 5.32 Å². The molecule has 0 aliphatic heterocycles. The smallest absolute Gasteiger partial charge is 0.0606 e. The highest BCUT2D eigenvalue weighted by molar-refractivity contribution is 9.10. The molecule has 0 amide bonds. The number of nitrogens with zero attached hydrogens (tertiary/aromatic N) is 1. The van der Waals surface area contributed by atoms with Crippen molar-refractivity contribution in [1.29, 1.82) is 0 Å². The van der Waals surface area contributed by atoms with Crippen LogP contribution in [0.2, 0.25) is 0 Å². The van der Waals surface area contributed by atoms with Gasteiger partial charge in [0, 0.05) is 29.3 Å². The average molecular weight is 329 g/mol. The molecule has 0 bridgehead atoms. The van der Waals surface area contributed by atoms with Crippen LogP contribution in [-0.4, -0.2) is 31.9 Å². The van der Waals surface area contributed by atoms with E-state index in [9.17, 15) is 5.11 Å². The molecule has 0 saturated carbocycles. The summed E-state index contributed by atoms with van der Waals surface area (Å²) in [6, 6.07) is 6.67. The molecule has 0 aromatic heterocycles. The van der Waals surface area contributed by atoms with Crippen molar-refractivity contribution >= 4 is 21.6 Å². The first-order chi connectivity index (χ1) is 9.13. The molecule has 0 fully saturated rings. The molecular weight excluding hydrogens is 304 g/mol. The number of benzene rings is 1. The number of halogens is 1. The third-order valence-electron chi connectivity index (χ3n) is 3.38. The molecule has 0 saturated heterocycles. The average Bonchev–Trinajstić information content (AvgIpc) is 2.42. The topological polar surface area (TPSA) is 35.5 Å². The van der Waals surface area contributed by atoms with E-state index in [1.807, 2.05) is 7.05 Å². The van der Waals surface area contributed by atoms with Gasteiger partial charge in [0.05, 0.1) is 6.61 Å². The summed E-state index contributed by atoms with van der Waals surface area (Å²) in [5, 5.41) is 12.6. The lowest BCUT2D eigenvalue weighted by Crippen LogP contribution is -2.30. The van der Waals surface area contributed by atoms with Crippen molar-refractivity contribution in [3.05, 3.63) is 28.2 Å². The normalized spacial score (nSPS) is 12.5. The van der Waals surface area contributed by atoms with Crippen molar-refractivity contribution in [2.75, 3.05) is 31.6 Å². The van der Waals surface area contributed by atoms with E-state index >= 15 is 0 Å². The van der Waals surface area contributed by atoms with Gasteiger partial charge in [-0.25, -0.2) is 0 Å². The zero-order valence-electron chi connectivity index (χ0n) is 12.1. The largest absolute Gasteiger partial charge is 0.395 e. The first-order valence-corrected chi connectivity index (χ1v) is 7.75. The van der Waals surface area contributed by atoms with Crippen LogP contribution in [0.25, 0.3) is 0 Å². The van der Waals surface area contributed by atoms with Crippen molar-refractivity contribution in [3.63, 3.8) is 0 Å². The van der Waals surface area contributed by atoms with Crippen molar-refractivity contribution in [2.24, 2.45) is 0 Å². The maximum absolute atomic E-state index is 9.28. The van der Waals surface area contributed by atoms with Crippen LogP contribution in [-0.2, 0) is 0 Å². The van der Waals surface area contributed by atoms with Crippen LogP contribution in [0, 0.1) is 0 Å². The summed E-state index contributed by atoms with van der Waals surface area (Å²) in [7, 11) is 1.97. The Hall–Kier alpha value is -0.580. The fourth-order valence-electron chi connectivity index (χ4n) is 2.13. The predicted molar refractivity (Wildman–Crippen MR) is 85.8 cm³/mol. The van der Waals surface area contributed by atoms with Crippen LogP contribution in [0.4, 0.5) is 5.69 Å². The molecule has 0 spiro atoms. The summed E-state index contributed by atoms with van der Waals surface area (Å²) in [5.41, 5.74) is 2.48. The number of aliphatic hydroxyl groups is 1. The first kappa shape index (κ1) is 16.5. The zero-order chi connectivity index (χ0) is 14.3. The molecule has 1 unspecified atom stereocenters. The number of rotatable bonds is 8. The predicted octanol–water partition coefficient (Wildman–Crippen LogP) is 3.33. The molecule has 4 heteroatoms. The Balaban J connectivity index is 3.07. The Kier molecular flexibility index (Phi) is 7.42. The molecule has 0 radical (unpaired) electrons. The Bertz CT molecular complexity index is 384. The minimum Gasteiger partial charge on any atom is -0.395 e. The van der Waals surface area contributed by atoms with E-state index in [-0.39, 0.29) is 6.61 Å². The number of nitrogens with one attached hydrogen (secondary N) is 1. The molecular formula is C15H25BrN2O. The van der Waals surface area contributed by atoms with Crippen molar-refractivity contribution in [3.8, 4) is 0 Å². The fourth-order valence-corrected chi connectivity index (χ4v) is 2.48. The summed E-state index contributed by atoms with van der Waals surface area (Å²) in [6.45, 7) is 6.19. The van der Waals surface area contributed by atoms with Crippen LogP contribution in [0.1, 0.15) is 38.3 Å². The molecule has 19 heavy (non-hydrogen) atoms. The SMILES string of the molecule is CCCCN(CCO)c1cc(Br)ccc1C(C)NC. The van der Waals surface area contributed by atoms with Gasteiger partial charge in [-0.2, -0.15) is 0 Å². The van der Waals surface area contributed by atoms with E-state index < -0.39 is 0 Å². The highest BCUT2D eigenvalue weighted by Crippen LogP contribution is 2.29. The summed E-state index contributed by atoms with van der Waals surface area (Å²) in [6.07, 6.45) is 2.30. The molecule has 3 nitrogen and oxygen atoms in total. The monoisotopic (exact) mass is 328 g/mol. The summed E-state index contributed by atoms with van der Waals surface area (Å²) in [5.74, 6) is 0. The van der Waals surface area contributed by atoms with Gasteiger partial charge in [0.15, 0.2) is 0 Å². The van der Waals surface area contributed by atoms with Crippen LogP contribution in [0.15, 0.2) is 22.7 Å². The Labute approximate surface area is 125 Å². The summed E-state index contributed by atoms with van der Waals surface area (Å²) in [4.78, 5) is 2.28. The Morgan fingerprint density at radius 2 is 2.11 bits per heavy atom. The second-order valence-corrected chi connectivity index (χ2v) is 5.69. The van der Waals surface area contributed by atoms with Gasteiger partial charge in [0.25, 0.3) is 0 Å². The third kappa shape index (κ3) is 4.79. The highest BCUT2D eigenvalue weighted by Gasteiger charge is 2.14. The van der Waals surface area contributed by atoms with Gasteiger partial charge >= 0.3 is 0 Å². The Morgan fingerprint density at radius 1 is 1.37 bits per heavy atom. The van der Waals surface area contributed by atoms with Gasteiger partial charge in [0.1, 0.15) is 0 Å². The van der Waals surface area contributed by atoms with Gasteiger partial charge in [-0.1, -0.05) is 35.3 Å². The van der Waals surface area contributed by atoms with Gasteiger partial charge in [0.2, 0.25) is 0 Å². The summed E-state index contributed by atoms with van der Waals surface area (Å²) >= 11 is 3.55. The third-order valence-corrected chi connectivity index (χ3v) is 3.88. The van der Waals surface area contributed by atoms with Crippen molar-refractivity contribution < 1.29 is 5.11 Å². The fraction of sp³-hybridized carbons (Fsp3) is 0.600. The number of anilines is 1. The van der Waals surface area contributed by atoms with E-state index in [0.717, 1.165) is 23.9 Å². The summed E-state index contributed by atoms with van der Waals surface area (Å²) < 4.78 is 1.08. The van der Waals surface area contributed by atoms with Crippen molar-refractivity contribution in [2.45, 2.75) is 32.7 Å². The second-order valence-electron chi connectivity index (χ2n) is 4.78. The minimum absolute atomic E-state index is 0.184. The van der Waals surface area contributed by atoms with Gasteiger partial charge < -0.3 is 15.3 Å². The lowest BCUT2D eigenvalue weighted by atomic mass is 10.0. The molecule has 108 valence electrons. The minimum atomic E-state index is 0.184. The standard InChI is InChI=1S/C15H25BrN2O/c1-4-5-8-18(9-10-19)15-11-13(16)6-7-14(15)12(2)17-3/h6-7,11-12,17,19H,4-5,8-10H2,1-3H3. The Morgan fingerprint density at radius 3 is 2.68 bits per heavy atom. The molecule has 1 atom stereocenters. The van der Waals surface area contributed by atoms with E-state index in [1.165, 1.54) is 11.3 Å². The molecule has 0 aliphatic rings. The molecule has 1 rings (SSSR count). The molecule has 0 heterocycles. The van der Waals surface area contributed by atoms with Crippen LogP contribution < -0.4 is 10.2 Å². The van der Waals surface area contributed by atoms with E-state index in [2.05, 4.69) is 58.2 Å². The highest BCUT2D eigenvalue weighted by atomic mass is 79.9. The van der Waals surface area contributed by atoms with Gasteiger partial charge in [-0.3, -0.25) is 0 Å². The quantitative estimate of drug-likeness (QED) is 0.768. The van der Waals surface area contributed by atoms with E-state index in [0.29, 0.717) is 12.6 Å². The lowest BCUT2D eigenvalue weighted by molar-refractivity contribution is 0.301.